The van der Waals surface area contributed by atoms with E-state index in [9.17, 15) is 14.7 Å². The summed E-state index contributed by atoms with van der Waals surface area (Å²) in [5.41, 5.74) is 3.69. The van der Waals surface area contributed by atoms with Gasteiger partial charge in [-0.1, -0.05) is 48.2 Å². The number of H-pyrrole nitrogens is 1. The summed E-state index contributed by atoms with van der Waals surface area (Å²) in [6, 6.07) is 22.4. The van der Waals surface area contributed by atoms with Crippen molar-refractivity contribution >= 4 is 17.4 Å². The highest BCUT2D eigenvalue weighted by Crippen LogP contribution is 2.42. The summed E-state index contributed by atoms with van der Waals surface area (Å²) in [6.07, 6.45) is 3.50. The zero-order valence-electron chi connectivity index (χ0n) is 23.0. The van der Waals surface area contributed by atoms with Gasteiger partial charge in [-0.3, -0.25) is 9.59 Å². The maximum Gasteiger partial charge on any atom is 0.295 e. The molecule has 0 radical (unpaired) electrons. The number of nitrogens with zero attached hydrogens (tertiary/aromatic N) is 1. The molecule has 0 aliphatic carbocycles. The van der Waals surface area contributed by atoms with Crippen molar-refractivity contribution in [3.8, 4) is 17.2 Å². The van der Waals surface area contributed by atoms with Crippen LogP contribution in [0.1, 0.15) is 33.9 Å². The van der Waals surface area contributed by atoms with Crippen LogP contribution in [0.3, 0.4) is 0 Å². The number of carbonyl (C=O) groups excluding carboxylic acids is 2. The number of benzene rings is 3. The molecular formula is C33H30N2O6. The monoisotopic (exact) mass is 550 g/mol. The Hall–Kier alpha value is -5.11. The molecule has 1 aliphatic heterocycles. The van der Waals surface area contributed by atoms with E-state index in [1.54, 1.807) is 54.9 Å². The number of amides is 1. The molecule has 2 heterocycles. The molecule has 0 bridgehead atoms. The Bertz CT molecular complexity index is 1600. The van der Waals surface area contributed by atoms with Crippen LogP contribution in [-0.2, 0) is 22.7 Å². The second-order valence-electron chi connectivity index (χ2n) is 9.67. The topological polar surface area (TPSA) is 102 Å². The van der Waals surface area contributed by atoms with Gasteiger partial charge in [-0.05, 0) is 59.5 Å². The Morgan fingerprint density at radius 1 is 0.927 bits per heavy atom. The van der Waals surface area contributed by atoms with E-state index in [1.165, 1.54) is 19.1 Å². The van der Waals surface area contributed by atoms with Gasteiger partial charge in [0.1, 0.15) is 12.4 Å². The predicted octanol–water partition coefficient (Wildman–Crippen LogP) is 3.83. The minimum absolute atomic E-state index is 0.115. The van der Waals surface area contributed by atoms with Crippen molar-refractivity contribution in [2.24, 2.45) is 0 Å². The summed E-state index contributed by atoms with van der Waals surface area (Å²) in [5, 5.41) is 13.9. The van der Waals surface area contributed by atoms with Gasteiger partial charge in [0, 0.05) is 17.2 Å². The highest BCUT2D eigenvalue weighted by molar-refractivity contribution is 6.46. The van der Waals surface area contributed by atoms with Gasteiger partial charge in [0.25, 0.3) is 5.91 Å². The number of methoxy groups -OCH3 is 2. The molecule has 1 saturated heterocycles. The number of carbonyl (C=O) groups is 2. The lowest BCUT2D eigenvalue weighted by atomic mass is 9.94. The number of Topliss-reactive ketones (excluding diaryl/α,β-unsaturated/α-hetero) is 1. The molecule has 41 heavy (non-hydrogen) atoms. The van der Waals surface area contributed by atoms with Gasteiger partial charge >= 0.3 is 0 Å². The first-order chi connectivity index (χ1) is 19.9. The Morgan fingerprint density at radius 3 is 2.37 bits per heavy atom. The smallest absolute Gasteiger partial charge is 0.295 e. The Morgan fingerprint density at radius 2 is 1.68 bits per heavy atom. The molecule has 1 aromatic heterocycles. The number of ketones is 1. The third-order valence-corrected chi connectivity index (χ3v) is 7.15. The second-order valence-corrected chi connectivity index (χ2v) is 9.67. The first kappa shape index (κ1) is 27.5. The molecular weight excluding hydrogens is 520 g/mol. The summed E-state index contributed by atoms with van der Waals surface area (Å²) in [6.45, 7) is 2.53. The number of likely N-dealkylation sites (tertiary alicyclic amines) is 1. The molecule has 8 heteroatoms. The van der Waals surface area contributed by atoms with Crippen LogP contribution in [0.2, 0.25) is 0 Å². The molecule has 1 N–H and O–H groups in total. The normalized spacial score (nSPS) is 16.1. The van der Waals surface area contributed by atoms with Crippen molar-refractivity contribution in [2.75, 3.05) is 14.2 Å². The number of hydrogen-bond donors (Lipinski definition) is 0. The number of hydrogen-bond acceptors (Lipinski definition) is 6. The lowest BCUT2D eigenvalue weighted by Crippen LogP contribution is -2.29. The van der Waals surface area contributed by atoms with E-state index in [2.05, 4.69) is 4.98 Å². The van der Waals surface area contributed by atoms with Gasteiger partial charge < -0.3 is 24.2 Å². The SMILES string of the molecule is COc1ccc(C2/C(=C(\[O-])c3ccc(OCc4ccccc4C)cc3)C(=O)C(=O)N2Cc2ccc[nH+]c2)cc1OC. The van der Waals surface area contributed by atoms with Gasteiger partial charge in [-0.15, -0.1) is 0 Å². The molecule has 8 nitrogen and oxygen atoms in total. The van der Waals surface area contributed by atoms with E-state index in [1.807, 2.05) is 43.3 Å². The summed E-state index contributed by atoms with van der Waals surface area (Å²) in [7, 11) is 3.02. The fourth-order valence-electron chi connectivity index (χ4n) is 4.92. The maximum absolute atomic E-state index is 13.9. The highest BCUT2D eigenvalue weighted by atomic mass is 16.5. The van der Waals surface area contributed by atoms with Crippen molar-refractivity contribution in [1.29, 1.82) is 0 Å². The van der Waals surface area contributed by atoms with Crippen LogP contribution in [0.4, 0.5) is 0 Å². The van der Waals surface area contributed by atoms with Crippen molar-refractivity contribution < 1.29 is 33.9 Å². The van der Waals surface area contributed by atoms with Crippen LogP contribution in [0.15, 0.2) is 96.8 Å². The molecule has 4 aromatic rings. The van der Waals surface area contributed by atoms with Crippen molar-refractivity contribution in [3.05, 3.63) is 125 Å². The van der Waals surface area contributed by atoms with Gasteiger partial charge in [0.15, 0.2) is 23.9 Å². The molecule has 0 spiro atoms. The van der Waals surface area contributed by atoms with Gasteiger partial charge in [-0.25, -0.2) is 4.98 Å². The van der Waals surface area contributed by atoms with E-state index in [0.29, 0.717) is 29.4 Å². The standard InChI is InChI=1S/C33H30N2O6/c1-21-7-4-5-9-25(21)20-41-26-13-10-23(11-14-26)31(36)29-30(24-12-15-27(39-2)28(17-24)40-3)35(33(38)32(29)37)19-22-8-6-16-34-18-22/h4-18,30,36H,19-20H2,1-3H3/b31-29+. The average Bonchev–Trinajstić information content (AvgIpc) is 3.25. The largest absolute Gasteiger partial charge is 0.872 e. The minimum Gasteiger partial charge on any atom is -0.872 e. The molecule has 1 fully saturated rings. The number of ether oxygens (including phenoxy) is 3. The number of nitrogens with one attached hydrogen (secondary N) is 1. The average molecular weight is 551 g/mol. The molecule has 1 atom stereocenters. The molecule has 1 amide bonds. The zero-order chi connectivity index (χ0) is 28.9. The van der Waals surface area contributed by atoms with E-state index in [0.717, 1.165) is 16.7 Å². The van der Waals surface area contributed by atoms with Crippen LogP contribution in [-0.4, -0.2) is 30.8 Å². The fourth-order valence-corrected chi connectivity index (χ4v) is 4.92. The quantitative estimate of drug-likeness (QED) is 0.178. The van der Waals surface area contributed by atoms with E-state index < -0.39 is 23.5 Å². The summed E-state index contributed by atoms with van der Waals surface area (Å²) >= 11 is 0. The number of aromatic amines is 1. The third-order valence-electron chi connectivity index (χ3n) is 7.15. The van der Waals surface area contributed by atoms with Crippen LogP contribution in [0.25, 0.3) is 5.76 Å². The first-order valence-electron chi connectivity index (χ1n) is 13.1. The number of pyridine rings is 1. The molecule has 0 saturated carbocycles. The highest BCUT2D eigenvalue weighted by Gasteiger charge is 2.44. The number of aromatic nitrogens is 1. The Kier molecular flexibility index (Phi) is 8.01. The van der Waals surface area contributed by atoms with Crippen molar-refractivity contribution in [1.82, 2.24) is 4.90 Å². The second kappa shape index (κ2) is 12.0. The predicted molar refractivity (Wildman–Crippen MR) is 150 cm³/mol. The summed E-state index contributed by atoms with van der Waals surface area (Å²) < 4.78 is 16.8. The first-order valence-corrected chi connectivity index (χ1v) is 13.1. The molecule has 5 rings (SSSR count). The number of rotatable bonds is 9. The maximum atomic E-state index is 13.9. The summed E-state index contributed by atoms with van der Waals surface area (Å²) in [4.78, 5) is 31.1. The van der Waals surface area contributed by atoms with Gasteiger partial charge in [-0.2, -0.15) is 0 Å². The van der Waals surface area contributed by atoms with Crippen molar-refractivity contribution in [2.45, 2.75) is 26.1 Å². The molecule has 1 unspecified atom stereocenters. The molecule has 208 valence electrons. The van der Waals surface area contributed by atoms with E-state index >= 15 is 0 Å². The lowest BCUT2D eigenvalue weighted by molar-refractivity contribution is -0.378. The summed E-state index contributed by atoms with van der Waals surface area (Å²) in [5.74, 6) is -0.584. The Labute approximate surface area is 238 Å². The zero-order valence-corrected chi connectivity index (χ0v) is 23.0. The lowest BCUT2D eigenvalue weighted by Gasteiger charge is -2.28. The minimum atomic E-state index is -0.917. The van der Waals surface area contributed by atoms with Crippen molar-refractivity contribution in [3.63, 3.8) is 0 Å². The van der Waals surface area contributed by atoms with Crippen LogP contribution >= 0.6 is 0 Å². The number of aryl methyl sites for hydroxylation is 1. The van der Waals surface area contributed by atoms with E-state index in [4.69, 9.17) is 14.2 Å². The third kappa shape index (κ3) is 5.63. The van der Waals surface area contributed by atoms with Crippen LogP contribution < -0.4 is 24.3 Å². The molecule has 1 aliphatic rings. The molecule has 3 aromatic carbocycles. The fraction of sp³-hybridized carbons (Fsp3) is 0.182. The van der Waals surface area contributed by atoms with Crippen LogP contribution in [0.5, 0.6) is 17.2 Å². The van der Waals surface area contributed by atoms with Gasteiger partial charge in [0.05, 0.1) is 26.8 Å². The van der Waals surface area contributed by atoms with Gasteiger partial charge in [0.2, 0.25) is 5.78 Å². The van der Waals surface area contributed by atoms with Crippen LogP contribution in [0, 0.1) is 6.92 Å². The van der Waals surface area contributed by atoms with E-state index in [-0.39, 0.29) is 17.7 Å². The Balaban J connectivity index is 1.51.